The van der Waals surface area contributed by atoms with Crippen LogP contribution in [0.2, 0.25) is 0 Å². The molecule has 1 fully saturated rings. The van der Waals surface area contributed by atoms with Gasteiger partial charge in [-0.05, 0) is 50.0 Å². The zero-order chi connectivity index (χ0) is 48.5. The van der Waals surface area contributed by atoms with Crippen molar-refractivity contribution in [2.45, 2.75) is 141 Å². The fourth-order valence-electron chi connectivity index (χ4n) is 7.80. The van der Waals surface area contributed by atoms with E-state index in [1.165, 1.54) is 43.8 Å². The van der Waals surface area contributed by atoms with Crippen molar-refractivity contribution in [3.05, 3.63) is 72.3 Å². The third kappa shape index (κ3) is 16.4. The van der Waals surface area contributed by atoms with Crippen LogP contribution in [0.4, 0.5) is 0 Å². The van der Waals surface area contributed by atoms with Crippen molar-refractivity contribution in [2.75, 3.05) is 6.54 Å². The monoisotopic (exact) mass is 919 g/mol. The highest BCUT2D eigenvalue weighted by Crippen LogP contribution is 2.20. The van der Waals surface area contributed by atoms with E-state index in [1.807, 2.05) is 33.8 Å². The number of carbonyl (C=O) groups is 8. The molecule has 360 valence electrons. The number of hydrogen-bond acceptors (Lipinski definition) is 11. The zero-order valence-corrected chi connectivity index (χ0v) is 38.5. The van der Waals surface area contributed by atoms with Crippen LogP contribution in [0.25, 0.3) is 0 Å². The van der Waals surface area contributed by atoms with Crippen molar-refractivity contribution in [3.63, 3.8) is 0 Å². The van der Waals surface area contributed by atoms with Gasteiger partial charge in [-0.2, -0.15) is 0 Å². The highest BCUT2D eigenvalue weighted by atomic mass is 16.3. The van der Waals surface area contributed by atoms with Crippen molar-refractivity contribution >= 4 is 47.3 Å². The first-order valence-corrected chi connectivity index (χ1v) is 22.3. The topological polar surface area (TPSA) is 316 Å². The third-order valence-electron chi connectivity index (χ3n) is 11.1. The van der Waals surface area contributed by atoms with E-state index in [0.29, 0.717) is 24.2 Å². The van der Waals surface area contributed by atoms with E-state index in [2.05, 4.69) is 51.8 Å². The van der Waals surface area contributed by atoms with Crippen molar-refractivity contribution in [3.8, 4) is 0 Å². The number of nitrogens with two attached hydrogens (primary N) is 1. The molecular formula is C45H66N12O9. The zero-order valence-electron chi connectivity index (χ0n) is 38.5. The number of benzene rings is 1. The van der Waals surface area contributed by atoms with Gasteiger partial charge in [0.05, 0.1) is 31.2 Å². The number of nitrogens with zero attached hydrogens (tertiary/aromatic N) is 3. The Bertz CT molecular complexity index is 2080. The standard InChI is InChI=1S/C45H66N12O9/c1-25(2)15-32(38(59)20-39(60)53-34(16-26(3)4)42(63)55-33(40(46)61)17-29-11-8-7-9-12-29)54-43(64)35(18-30-21-47-23-49-30)56-41(62)27(5)51-44(65)37-13-10-14-57(37)45(66)36(52-28(6)58)19-31-22-48-24-50-31/h7-9,11-12,21-27,32-38,59H,10,13-20H2,1-6H3,(H2,46,61)(H,47,49)(H,48,50)(H,51,65)(H,52,58)(H,53,60)(H,54,64)(H,55,63)(H,56,62)/t27-,32+,33+,34+,35+,36+,37-,38+/m1/s1. The van der Waals surface area contributed by atoms with Crippen LogP contribution in [-0.4, -0.2) is 132 Å². The highest BCUT2D eigenvalue weighted by Gasteiger charge is 2.39. The molecule has 0 unspecified atom stereocenters. The van der Waals surface area contributed by atoms with E-state index in [0.717, 1.165) is 5.56 Å². The van der Waals surface area contributed by atoms with Crippen LogP contribution in [0, 0.1) is 11.8 Å². The van der Waals surface area contributed by atoms with Crippen molar-refractivity contribution in [2.24, 2.45) is 17.6 Å². The lowest BCUT2D eigenvalue weighted by molar-refractivity contribution is -0.142. The van der Waals surface area contributed by atoms with Crippen LogP contribution in [0.1, 0.15) is 90.6 Å². The van der Waals surface area contributed by atoms with Crippen LogP contribution in [0.5, 0.6) is 0 Å². The number of H-pyrrole nitrogens is 2. The number of aliphatic hydroxyl groups excluding tert-OH is 1. The van der Waals surface area contributed by atoms with Crippen LogP contribution in [0.15, 0.2) is 55.4 Å². The molecule has 8 atom stereocenters. The van der Waals surface area contributed by atoms with E-state index in [-0.39, 0.29) is 50.5 Å². The Labute approximate surface area is 384 Å². The Morgan fingerprint density at radius 1 is 0.727 bits per heavy atom. The quantitative estimate of drug-likeness (QED) is 0.0513. The first kappa shape index (κ1) is 52.0. The number of rotatable bonds is 25. The molecule has 21 nitrogen and oxygen atoms in total. The second-order valence-electron chi connectivity index (χ2n) is 17.7. The normalized spacial score (nSPS) is 16.8. The number of nitrogens with one attached hydrogen (secondary N) is 8. The Balaban J connectivity index is 1.41. The molecular weight excluding hydrogens is 853 g/mol. The number of primary amides is 1. The van der Waals surface area contributed by atoms with Gasteiger partial charge < -0.3 is 57.6 Å². The van der Waals surface area contributed by atoms with E-state index >= 15 is 0 Å². The predicted octanol–water partition coefficient (Wildman–Crippen LogP) is -0.571. The summed E-state index contributed by atoms with van der Waals surface area (Å²) in [6.07, 6.45) is 5.43. The average molecular weight is 919 g/mol. The van der Waals surface area contributed by atoms with E-state index in [1.54, 1.807) is 24.3 Å². The number of carbonyl (C=O) groups excluding carboxylic acids is 8. The maximum atomic E-state index is 14.1. The molecule has 21 heteroatoms. The first-order chi connectivity index (χ1) is 31.3. The summed E-state index contributed by atoms with van der Waals surface area (Å²) in [7, 11) is 0. The van der Waals surface area contributed by atoms with Gasteiger partial charge in [-0.1, -0.05) is 58.0 Å². The summed E-state index contributed by atoms with van der Waals surface area (Å²) in [5.74, 6) is -5.04. The molecule has 3 heterocycles. The summed E-state index contributed by atoms with van der Waals surface area (Å²) in [4.78, 5) is 122. The summed E-state index contributed by atoms with van der Waals surface area (Å²) in [5, 5.41) is 27.6. The maximum absolute atomic E-state index is 14.1. The molecule has 0 bridgehead atoms. The fourth-order valence-corrected chi connectivity index (χ4v) is 7.80. The lowest BCUT2D eigenvalue weighted by Crippen LogP contribution is -2.58. The van der Waals surface area contributed by atoms with Crippen LogP contribution in [-0.2, 0) is 57.6 Å². The number of aliphatic hydroxyl groups is 1. The summed E-state index contributed by atoms with van der Waals surface area (Å²) in [6.45, 7) is 10.4. The minimum absolute atomic E-state index is 0.0490. The lowest BCUT2D eigenvalue weighted by atomic mass is 9.96. The van der Waals surface area contributed by atoms with E-state index in [4.69, 9.17) is 5.73 Å². The van der Waals surface area contributed by atoms with Crippen molar-refractivity contribution < 1.29 is 43.5 Å². The molecule has 3 aromatic rings. The molecule has 1 aliphatic heterocycles. The molecule has 1 saturated heterocycles. The Morgan fingerprint density at radius 3 is 1.88 bits per heavy atom. The summed E-state index contributed by atoms with van der Waals surface area (Å²) in [6, 6.07) is 1.62. The minimum Gasteiger partial charge on any atom is -0.390 e. The fraction of sp³-hybridized carbons (Fsp3) is 0.556. The number of likely N-dealkylation sites (tertiary alicyclic amines) is 1. The predicted molar refractivity (Wildman–Crippen MR) is 241 cm³/mol. The maximum Gasteiger partial charge on any atom is 0.246 e. The molecule has 11 N–H and O–H groups in total. The van der Waals surface area contributed by atoms with Gasteiger partial charge in [0.2, 0.25) is 47.3 Å². The van der Waals surface area contributed by atoms with E-state index < -0.39 is 102 Å². The van der Waals surface area contributed by atoms with Gasteiger partial charge in [-0.25, -0.2) is 9.97 Å². The smallest absolute Gasteiger partial charge is 0.246 e. The molecule has 1 aliphatic rings. The average Bonchev–Trinajstić information content (AvgIpc) is 4.07. The molecule has 0 saturated carbocycles. The first-order valence-electron chi connectivity index (χ1n) is 22.3. The molecule has 0 radical (unpaired) electrons. The van der Waals surface area contributed by atoms with Gasteiger partial charge >= 0.3 is 0 Å². The van der Waals surface area contributed by atoms with E-state index in [9.17, 15) is 43.5 Å². The Morgan fingerprint density at radius 2 is 1.32 bits per heavy atom. The van der Waals surface area contributed by atoms with Gasteiger partial charge in [-0.3, -0.25) is 38.4 Å². The number of amides is 8. The van der Waals surface area contributed by atoms with Crippen LogP contribution in [0.3, 0.4) is 0 Å². The molecule has 4 rings (SSSR count). The largest absolute Gasteiger partial charge is 0.390 e. The number of imidazole rings is 2. The second-order valence-corrected chi connectivity index (χ2v) is 17.7. The molecule has 66 heavy (non-hydrogen) atoms. The molecule has 0 spiro atoms. The summed E-state index contributed by atoms with van der Waals surface area (Å²) < 4.78 is 0. The van der Waals surface area contributed by atoms with Crippen molar-refractivity contribution in [1.82, 2.24) is 56.7 Å². The Kier molecular flexibility index (Phi) is 19.8. The van der Waals surface area contributed by atoms with Gasteiger partial charge in [-0.15, -0.1) is 0 Å². The van der Waals surface area contributed by atoms with Gasteiger partial charge in [0.25, 0.3) is 0 Å². The second kappa shape index (κ2) is 25.2. The molecule has 0 aliphatic carbocycles. The highest BCUT2D eigenvalue weighted by molar-refractivity contribution is 5.96. The number of aromatic amines is 2. The SMILES string of the molecule is CC(=O)N[C@@H](Cc1cnc[nH]1)C(=O)N1CCC[C@@H]1C(=O)N[C@H](C)C(=O)N[C@@H](Cc1cnc[nH]1)C(=O)N[C@@H](CC(C)C)[C@@H](O)CC(=O)N[C@@H](CC(C)C)C(=O)N[C@@H](Cc1ccccc1)C(N)=O. The molecule has 8 amide bonds. The number of aromatic nitrogens is 4. The molecule has 2 aromatic heterocycles. The van der Waals surface area contributed by atoms with Crippen LogP contribution < -0.4 is 37.6 Å². The van der Waals surface area contributed by atoms with Crippen molar-refractivity contribution in [1.29, 1.82) is 0 Å². The molecule has 1 aromatic carbocycles. The third-order valence-corrected chi connectivity index (χ3v) is 11.1. The minimum atomic E-state index is -1.43. The lowest BCUT2D eigenvalue weighted by Gasteiger charge is -2.30. The van der Waals surface area contributed by atoms with Gasteiger partial charge in [0.1, 0.15) is 36.3 Å². The van der Waals surface area contributed by atoms with Gasteiger partial charge in [0.15, 0.2) is 0 Å². The summed E-state index contributed by atoms with van der Waals surface area (Å²) >= 11 is 0. The summed E-state index contributed by atoms with van der Waals surface area (Å²) in [5.41, 5.74) is 7.51. The Hall–Kier alpha value is -6.64. The van der Waals surface area contributed by atoms with Gasteiger partial charge in [0, 0.05) is 56.5 Å². The number of hydrogen-bond donors (Lipinski definition) is 10. The van der Waals surface area contributed by atoms with Crippen LogP contribution >= 0.6 is 0 Å².